The molecule has 5 nitrogen and oxygen atoms in total. The van der Waals surface area contributed by atoms with Crippen molar-refractivity contribution in [1.29, 1.82) is 0 Å². The monoisotopic (exact) mass is 299 g/mol. The SMILES string of the molecule is CCOC(=O)c1cnc2nc(C)ccc2c1N1CCCCC1. The van der Waals surface area contributed by atoms with Gasteiger partial charge < -0.3 is 9.64 Å². The van der Waals surface area contributed by atoms with Gasteiger partial charge in [0.05, 0.1) is 12.3 Å². The number of ether oxygens (including phenoxy) is 1. The van der Waals surface area contributed by atoms with Crippen molar-refractivity contribution in [2.75, 3.05) is 24.6 Å². The highest BCUT2D eigenvalue weighted by Crippen LogP contribution is 2.31. The summed E-state index contributed by atoms with van der Waals surface area (Å²) in [6.07, 6.45) is 5.14. The van der Waals surface area contributed by atoms with Crippen LogP contribution in [0.1, 0.15) is 42.2 Å². The van der Waals surface area contributed by atoms with E-state index in [1.54, 1.807) is 6.20 Å². The smallest absolute Gasteiger partial charge is 0.341 e. The van der Waals surface area contributed by atoms with Gasteiger partial charge in [0.15, 0.2) is 5.65 Å². The van der Waals surface area contributed by atoms with E-state index >= 15 is 0 Å². The topological polar surface area (TPSA) is 55.3 Å². The summed E-state index contributed by atoms with van der Waals surface area (Å²) in [7, 11) is 0. The summed E-state index contributed by atoms with van der Waals surface area (Å²) in [5.41, 5.74) is 3.08. The molecular formula is C17H21N3O2. The van der Waals surface area contributed by atoms with E-state index in [2.05, 4.69) is 14.9 Å². The fraction of sp³-hybridized carbons (Fsp3) is 0.471. The van der Waals surface area contributed by atoms with E-state index in [0.717, 1.165) is 42.7 Å². The highest BCUT2D eigenvalue weighted by atomic mass is 16.5. The number of rotatable bonds is 3. The van der Waals surface area contributed by atoms with Gasteiger partial charge >= 0.3 is 5.97 Å². The van der Waals surface area contributed by atoms with Crippen LogP contribution in [0.2, 0.25) is 0 Å². The van der Waals surface area contributed by atoms with Crippen LogP contribution in [0, 0.1) is 6.92 Å². The maximum Gasteiger partial charge on any atom is 0.341 e. The van der Waals surface area contributed by atoms with E-state index in [9.17, 15) is 4.79 Å². The first kappa shape index (κ1) is 14.8. The lowest BCUT2D eigenvalue weighted by Gasteiger charge is -2.31. The van der Waals surface area contributed by atoms with Crippen LogP contribution in [0.25, 0.3) is 11.0 Å². The Morgan fingerprint density at radius 2 is 2.05 bits per heavy atom. The zero-order valence-corrected chi connectivity index (χ0v) is 13.1. The number of anilines is 1. The van der Waals surface area contributed by atoms with Gasteiger partial charge in [-0.1, -0.05) is 0 Å². The van der Waals surface area contributed by atoms with Crippen LogP contribution >= 0.6 is 0 Å². The molecule has 1 aliphatic heterocycles. The number of carbonyl (C=O) groups is 1. The van der Waals surface area contributed by atoms with Gasteiger partial charge in [-0.25, -0.2) is 14.8 Å². The largest absolute Gasteiger partial charge is 0.462 e. The molecule has 3 heterocycles. The van der Waals surface area contributed by atoms with Gasteiger partial charge in [0.1, 0.15) is 5.56 Å². The zero-order valence-electron chi connectivity index (χ0n) is 13.1. The Bertz CT molecular complexity index is 694. The van der Waals surface area contributed by atoms with Crippen molar-refractivity contribution in [3.63, 3.8) is 0 Å². The molecule has 0 bridgehead atoms. The van der Waals surface area contributed by atoms with Gasteiger partial charge in [-0.15, -0.1) is 0 Å². The Hall–Kier alpha value is -2.17. The molecule has 0 saturated carbocycles. The summed E-state index contributed by atoms with van der Waals surface area (Å²) in [6, 6.07) is 3.98. The van der Waals surface area contributed by atoms with Gasteiger partial charge in [-0.05, 0) is 45.2 Å². The molecule has 0 aliphatic carbocycles. The Balaban J connectivity index is 2.16. The van der Waals surface area contributed by atoms with Crippen molar-refractivity contribution < 1.29 is 9.53 Å². The van der Waals surface area contributed by atoms with Crippen LogP contribution in [-0.2, 0) is 4.74 Å². The molecule has 0 radical (unpaired) electrons. The first-order valence-electron chi connectivity index (χ1n) is 7.89. The number of hydrogen-bond acceptors (Lipinski definition) is 5. The Morgan fingerprint density at radius 1 is 1.27 bits per heavy atom. The van der Waals surface area contributed by atoms with Crippen LogP contribution in [0.15, 0.2) is 18.3 Å². The Kier molecular flexibility index (Phi) is 4.22. The molecule has 5 heteroatoms. The van der Waals surface area contributed by atoms with Crippen LogP contribution in [0.5, 0.6) is 0 Å². The number of fused-ring (bicyclic) bond motifs is 1. The van der Waals surface area contributed by atoms with Gasteiger partial charge in [0.2, 0.25) is 0 Å². The molecule has 3 rings (SSSR count). The van der Waals surface area contributed by atoms with Crippen molar-refractivity contribution >= 4 is 22.7 Å². The minimum atomic E-state index is -0.307. The third-order valence-corrected chi connectivity index (χ3v) is 4.01. The van der Waals surface area contributed by atoms with E-state index < -0.39 is 0 Å². The quantitative estimate of drug-likeness (QED) is 0.815. The number of esters is 1. The van der Waals surface area contributed by atoms with E-state index in [1.165, 1.54) is 6.42 Å². The van der Waals surface area contributed by atoms with Crippen molar-refractivity contribution in [2.45, 2.75) is 33.1 Å². The molecule has 0 amide bonds. The predicted octanol–water partition coefficient (Wildman–Crippen LogP) is 3.11. The van der Waals surface area contributed by atoms with Gasteiger partial charge in [0, 0.05) is 30.4 Å². The predicted molar refractivity (Wildman–Crippen MR) is 86.3 cm³/mol. The van der Waals surface area contributed by atoms with Crippen LogP contribution < -0.4 is 4.90 Å². The van der Waals surface area contributed by atoms with E-state index in [-0.39, 0.29) is 5.97 Å². The van der Waals surface area contributed by atoms with Crippen LogP contribution in [-0.4, -0.2) is 35.6 Å². The fourth-order valence-electron chi connectivity index (χ4n) is 2.97. The third-order valence-electron chi connectivity index (χ3n) is 4.01. The van der Waals surface area contributed by atoms with Crippen LogP contribution in [0.4, 0.5) is 5.69 Å². The number of hydrogen-bond donors (Lipinski definition) is 0. The fourth-order valence-corrected chi connectivity index (χ4v) is 2.97. The molecule has 1 aliphatic rings. The molecule has 0 atom stereocenters. The van der Waals surface area contributed by atoms with Crippen molar-refractivity contribution in [3.8, 4) is 0 Å². The summed E-state index contributed by atoms with van der Waals surface area (Å²) < 4.78 is 5.21. The Labute approximate surface area is 130 Å². The molecule has 2 aromatic heterocycles. The number of aromatic nitrogens is 2. The second-order valence-corrected chi connectivity index (χ2v) is 5.61. The molecule has 22 heavy (non-hydrogen) atoms. The van der Waals surface area contributed by atoms with E-state index in [0.29, 0.717) is 17.8 Å². The maximum atomic E-state index is 12.3. The summed E-state index contributed by atoms with van der Waals surface area (Å²) in [5.74, 6) is -0.307. The number of nitrogens with zero attached hydrogens (tertiary/aromatic N) is 3. The number of aryl methyl sites for hydroxylation is 1. The maximum absolute atomic E-state index is 12.3. The molecule has 0 aromatic carbocycles. The minimum absolute atomic E-state index is 0.307. The van der Waals surface area contributed by atoms with Crippen molar-refractivity contribution in [3.05, 3.63) is 29.6 Å². The third kappa shape index (κ3) is 2.75. The first-order valence-corrected chi connectivity index (χ1v) is 7.89. The molecule has 0 spiro atoms. The highest BCUT2D eigenvalue weighted by molar-refractivity contribution is 6.04. The molecular weight excluding hydrogens is 278 g/mol. The van der Waals surface area contributed by atoms with E-state index in [1.807, 2.05) is 26.0 Å². The number of piperidine rings is 1. The van der Waals surface area contributed by atoms with Gasteiger partial charge in [-0.2, -0.15) is 0 Å². The average Bonchev–Trinajstić information content (AvgIpc) is 2.54. The lowest BCUT2D eigenvalue weighted by molar-refractivity contribution is 0.0526. The molecule has 116 valence electrons. The normalized spacial score (nSPS) is 15.1. The number of pyridine rings is 2. The average molecular weight is 299 g/mol. The van der Waals surface area contributed by atoms with Crippen molar-refractivity contribution in [1.82, 2.24) is 9.97 Å². The Morgan fingerprint density at radius 3 is 2.77 bits per heavy atom. The lowest BCUT2D eigenvalue weighted by atomic mass is 10.1. The summed E-state index contributed by atoms with van der Waals surface area (Å²) in [5, 5.41) is 0.929. The van der Waals surface area contributed by atoms with Gasteiger partial charge in [0.25, 0.3) is 0 Å². The highest BCUT2D eigenvalue weighted by Gasteiger charge is 2.23. The standard InChI is InChI=1S/C17H21N3O2/c1-3-22-17(21)14-11-18-16-13(8-7-12(2)19-16)15(14)20-9-5-4-6-10-20/h7-8,11H,3-6,9-10H2,1-2H3. The molecule has 0 N–H and O–H groups in total. The van der Waals surface area contributed by atoms with Gasteiger partial charge in [-0.3, -0.25) is 0 Å². The second kappa shape index (κ2) is 6.30. The van der Waals surface area contributed by atoms with E-state index in [4.69, 9.17) is 4.74 Å². The summed E-state index contributed by atoms with van der Waals surface area (Å²) in [4.78, 5) is 23.4. The lowest BCUT2D eigenvalue weighted by Crippen LogP contribution is -2.31. The molecule has 0 unspecified atom stereocenters. The second-order valence-electron chi connectivity index (χ2n) is 5.61. The molecule has 2 aromatic rings. The first-order chi connectivity index (χ1) is 10.7. The minimum Gasteiger partial charge on any atom is -0.462 e. The summed E-state index contributed by atoms with van der Waals surface area (Å²) in [6.45, 7) is 6.04. The molecule has 1 fully saturated rings. The number of carbonyl (C=O) groups excluding carboxylic acids is 1. The van der Waals surface area contributed by atoms with Crippen molar-refractivity contribution in [2.24, 2.45) is 0 Å². The molecule has 1 saturated heterocycles. The van der Waals surface area contributed by atoms with Crippen LogP contribution in [0.3, 0.4) is 0 Å². The zero-order chi connectivity index (χ0) is 15.5. The summed E-state index contributed by atoms with van der Waals surface area (Å²) >= 11 is 0.